The molecule has 0 aromatic rings. The number of methoxy groups -OCH3 is 2. The Bertz CT molecular complexity index is 244. The molecule has 0 saturated carbocycles. The molecule has 19 heavy (non-hydrogen) atoms. The Hall–Kier alpha value is -0.650. The average molecular weight is 274 g/mol. The number of hydrogen-bond acceptors (Lipinski definition) is 4. The first-order valence-corrected chi connectivity index (χ1v) is 6.81. The van der Waals surface area contributed by atoms with Gasteiger partial charge in [-0.1, -0.05) is 20.8 Å². The molecular formula is C14H30N2O3. The maximum atomic E-state index is 12.2. The van der Waals surface area contributed by atoms with E-state index in [1.165, 1.54) is 0 Å². The van der Waals surface area contributed by atoms with Gasteiger partial charge in [0.1, 0.15) is 0 Å². The zero-order chi connectivity index (χ0) is 14.9. The first-order valence-electron chi connectivity index (χ1n) is 6.81. The summed E-state index contributed by atoms with van der Waals surface area (Å²) in [6.45, 7) is 8.62. The van der Waals surface area contributed by atoms with Crippen molar-refractivity contribution >= 4 is 5.91 Å². The second-order valence-corrected chi connectivity index (χ2v) is 6.10. The lowest BCUT2D eigenvalue weighted by atomic mass is 9.87. The van der Waals surface area contributed by atoms with Crippen LogP contribution in [-0.2, 0) is 14.3 Å². The van der Waals surface area contributed by atoms with E-state index >= 15 is 0 Å². The predicted octanol–water partition coefficient (Wildman–Crippen LogP) is 1.26. The highest BCUT2D eigenvalue weighted by Gasteiger charge is 2.21. The van der Waals surface area contributed by atoms with Gasteiger partial charge in [-0.25, -0.2) is 0 Å². The summed E-state index contributed by atoms with van der Waals surface area (Å²) < 4.78 is 10.0. The minimum atomic E-state index is -0.0971. The van der Waals surface area contributed by atoms with Gasteiger partial charge in [0.2, 0.25) is 5.91 Å². The molecule has 0 aliphatic heterocycles. The molecule has 1 atom stereocenters. The second kappa shape index (κ2) is 9.28. The fourth-order valence-corrected chi connectivity index (χ4v) is 1.98. The maximum Gasteiger partial charge on any atom is 0.224 e. The Morgan fingerprint density at radius 1 is 1.16 bits per heavy atom. The maximum absolute atomic E-state index is 12.2. The first-order chi connectivity index (χ1) is 8.80. The molecule has 1 unspecified atom stereocenters. The van der Waals surface area contributed by atoms with Gasteiger partial charge in [-0.2, -0.15) is 0 Å². The van der Waals surface area contributed by atoms with Gasteiger partial charge in [0.05, 0.1) is 13.2 Å². The van der Waals surface area contributed by atoms with Crippen LogP contribution in [0.15, 0.2) is 0 Å². The Labute approximate surface area is 117 Å². The molecule has 0 fully saturated rings. The van der Waals surface area contributed by atoms with Crippen LogP contribution in [0, 0.1) is 5.41 Å². The number of ether oxygens (including phenoxy) is 2. The molecule has 0 bridgehead atoms. The van der Waals surface area contributed by atoms with Crippen molar-refractivity contribution in [2.45, 2.75) is 39.7 Å². The molecule has 114 valence electrons. The summed E-state index contributed by atoms with van der Waals surface area (Å²) in [5, 5.41) is 0. The van der Waals surface area contributed by atoms with Crippen LogP contribution in [0.3, 0.4) is 0 Å². The lowest BCUT2D eigenvalue weighted by molar-refractivity contribution is -0.133. The number of nitrogens with zero attached hydrogens (tertiary/aromatic N) is 1. The van der Waals surface area contributed by atoms with Gasteiger partial charge >= 0.3 is 0 Å². The molecule has 0 saturated heterocycles. The minimum absolute atomic E-state index is 0.0749. The predicted molar refractivity (Wildman–Crippen MR) is 77.0 cm³/mol. The van der Waals surface area contributed by atoms with Crippen LogP contribution in [0.5, 0.6) is 0 Å². The van der Waals surface area contributed by atoms with Gasteiger partial charge in [0.15, 0.2) is 0 Å². The molecule has 0 radical (unpaired) electrons. The van der Waals surface area contributed by atoms with Crippen molar-refractivity contribution in [2.75, 3.05) is 40.5 Å². The molecule has 0 rings (SSSR count). The molecule has 0 aliphatic carbocycles. The van der Waals surface area contributed by atoms with Crippen molar-refractivity contribution in [1.82, 2.24) is 4.90 Å². The topological polar surface area (TPSA) is 64.8 Å². The second-order valence-electron chi connectivity index (χ2n) is 6.10. The van der Waals surface area contributed by atoms with Gasteiger partial charge in [0, 0.05) is 39.8 Å². The van der Waals surface area contributed by atoms with E-state index in [1.54, 1.807) is 19.1 Å². The third kappa shape index (κ3) is 9.87. The van der Waals surface area contributed by atoms with Gasteiger partial charge in [-0.05, 0) is 11.8 Å². The normalized spacial score (nSPS) is 13.4. The molecule has 5 heteroatoms. The summed E-state index contributed by atoms with van der Waals surface area (Å²) in [4.78, 5) is 13.9. The van der Waals surface area contributed by atoms with E-state index in [-0.39, 0.29) is 17.4 Å². The number of amides is 1. The monoisotopic (exact) mass is 274 g/mol. The van der Waals surface area contributed by atoms with Crippen molar-refractivity contribution in [3.05, 3.63) is 0 Å². The standard InChI is InChI=1S/C14H30N2O3/c1-14(2,3)11-12(15)10-13(17)16(6-8-18-4)7-9-19-5/h12H,6-11,15H2,1-5H3. The van der Waals surface area contributed by atoms with Crippen LogP contribution in [0.2, 0.25) is 0 Å². The van der Waals surface area contributed by atoms with E-state index in [9.17, 15) is 4.79 Å². The summed E-state index contributed by atoms with van der Waals surface area (Å²) in [5.74, 6) is 0.0749. The fourth-order valence-electron chi connectivity index (χ4n) is 1.98. The Balaban J connectivity index is 4.28. The van der Waals surface area contributed by atoms with Crippen molar-refractivity contribution in [2.24, 2.45) is 11.1 Å². The quantitative estimate of drug-likeness (QED) is 0.687. The summed E-state index contributed by atoms with van der Waals surface area (Å²) in [5.41, 5.74) is 6.19. The van der Waals surface area contributed by atoms with E-state index in [0.717, 1.165) is 6.42 Å². The van der Waals surface area contributed by atoms with Gasteiger partial charge in [-0.15, -0.1) is 0 Å². The van der Waals surface area contributed by atoms with Crippen molar-refractivity contribution in [3.8, 4) is 0 Å². The van der Waals surface area contributed by atoms with Crippen LogP contribution in [0.1, 0.15) is 33.6 Å². The number of nitrogens with two attached hydrogens (primary N) is 1. The molecule has 0 aromatic carbocycles. The van der Waals surface area contributed by atoms with E-state index in [0.29, 0.717) is 32.7 Å². The summed E-state index contributed by atoms with van der Waals surface area (Å²) >= 11 is 0. The summed E-state index contributed by atoms with van der Waals surface area (Å²) in [7, 11) is 3.26. The number of rotatable bonds is 9. The fraction of sp³-hybridized carbons (Fsp3) is 0.929. The summed E-state index contributed by atoms with van der Waals surface area (Å²) in [6, 6.07) is -0.0971. The SMILES string of the molecule is COCCN(CCOC)C(=O)CC(N)CC(C)(C)C. The molecule has 2 N–H and O–H groups in total. The largest absolute Gasteiger partial charge is 0.383 e. The Kier molecular flexibility index (Phi) is 8.97. The van der Waals surface area contributed by atoms with Gasteiger partial charge in [0.25, 0.3) is 0 Å². The average Bonchev–Trinajstić information content (AvgIpc) is 2.26. The highest BCUT2D eigenvalue weighted by Crippen LogP contribution is 2.21. The van der Waals surface area contributed by atoms with Crippen molar-refractivity contribution in [3.63, 3.8) is 0 Å². The van der Waals surface area contributed by atoms with Crippen LogP contribution < -0.4 is 5.73 Å². The number of hydrogen-bond donors (Lipinski definition) is 1. The molecular weight excluding hydrogens is 244 g/mol. The van der Waals surface area contributed by atoms with Crippen molar-refractivity contribution < 1.29 is 14.3 Å². The summed E-state index contributed by atoms with van der Waals surface area (Å²) in [6.07, 6.45) is 1.21. The van der Waals surface area contributed by atoms with E-state index in [4.69, 9.17) is 15.2 Å². The smallest absolute Gasteiger partial charge is 0.224 e. The molecule has 1 amide bonds. The zero-order valence-corrected chi connectivity index (χ0v) is 13.1. The van der Waals surface area contributed by atoms with Gasteiger partial charge in [-0.3, -0.25) is 4.79 Å². The van der Waals surface area contributed by atoms with Crippen molar-refractivity contribution in [1.29, 1.82) is 0 Å². The van der Waals surface area contributed by atoms with E-state index in [2.05, 4.69) is 20.8 Å². The molecule has 0 aromatic heterocycles. The zero-order valence-electron chi connectivity index (χ0n) is 13.1. The Morgan fingerprint density at radius 2 is 1.63 bits per heavy atom. The number of carbonyl (C=O) groups is 1. The molecule has 0 aliphatic rings. The van der Waals surface area contributed by atoms with Gasteiger partial charge < -0.3 is 20.1 Å². The lowest BCUT2D eigenvalue weighted by Gasteiger charge is -2.26. The Morgan fingerprint density at radius 3 is 2.00 bits per heavy atom. The van der Waals surface area contributed by atoms with E-state index < -0.39 is 0 Å². The third-order valence-corrected chi connectivity index (χ3v) is 2.79. The highest BCUT2D eigenvalue weighted by molar-refractivity contribution is 5.76. The van der Waals surface area contributed by atoms with Crippen LogP contribution in [0.4, 0.5) is 0 Å². The van der Waals surface area contributed by atoms with Crippen LogP contribution >= 0.6 is 0 Å². The van der Waals surface area contributed by atoms with E-state index in [1.807, 2.05) is 0 Å². The minimum Gasteiger partial charge on any atom is -0.383 e. The third-order valence-electron chi connectivity index (χ3n) is 2.79. The highest BCUT2D eigenvalue weighted by atomic mass is 16.5. The molecule has 5 nitrogen and oxygen atoms in total. The molecule has 0 heterocycles. The lowest BCUT2D eigenvalue weighted by Crippen LogP contribution is -2.40. The van der Waals surface area contributed by atoms with Crippen LogP contribution in [0.25, 0.3) is 0 Å². The first kappa shape index (κ1) is 18.4. The molecule has 0 spiro atoms. The van der Waals surface area contributed by atoms with Crippen LogP contribution in [-0.4, -0.2) is 57.4 Å². The number of carbonyl (C=O) groups excluding carboxylic acids is 1.